The van der Waals surface area contributed by atoms with Gasteiger partial charge >= 0.3 is 6.03 Å². The molecule has 2 aliphatic rings. The number of carbonyl (C=O) groups is 2. The Balaban J connectivity index is 2.07. The van der Waals surface area contributed by atoms with Crippen molar-refractivity contribution in [3.05, 3.63) is 41.6 Å². The molecule has 0 aromatic heterocycles. The summed E-state index contributed by atoms with van der Waals surface area (Å²) in [5.74, 6) is 1.20. The molecule has 1 atom stereocenters. The van der Waals surface area contributed by atoms with E-state index < -0.39 is 6.04 Å². The zero-order valence-electron chi connectivity index (χ0n) is 14.9. The van der Waals surface area contributed by atoms with Crippen molar-refractivity contribution in [2.45, 2.75) is 6.04 Å². The highest BCUT2D eigenvalue weighted by Gasteiger charge is 2.40. The van der Waals surface area contributed by atoms with Gasteiger partial charge in [0.2, 0.25) is 5.75 Å². The Labute approximate surface area is 151 Å². The number of nitrogens with zero attached hydrogens (tertiary/aromatic N) is 1. The van der Waals surface area contributed by atoms with E-state index >= 15 is 0 Å². The minimum Gasteiger partial charge on any atom is -0.493 e. The van der Waals surface area contributed by atoms with Crippen molar-refractivity contribution in [3.63, 3.8) is 0 Å². The molecular formula is C18H21N3O5. The first kappa shape index (κ1) is 17.7. The molecule has 2 aliphatic heterocycles. The number of benzene rings is 1. The van der Waals surface area contributed by atoms with Crippen LogP contribution in [-0.4, -0.2) is 51.3 Å². The molecule has 0 radical (unpaired) electrons. The first-order valence-electron chi connectivity index (χ1n) is 8.04. The van der Waals surface area contributed by atoms with Gasteiger partial charge in [-0.15, -0.1) is 6.58 Å². The van der Waals surface area contributed by atoms with E-state index in [9.17, 15) is 9.59 Å². The van der Waals surface area contributed by atoms with Crippen LogP contribution in [0.4, 0.5) is 4.79 Å². The van der Waals surface area contributed by atoms with Gasteiger partial charge in [0.25, 0.3) is 5.91 Å². The number of amides is 3. The Morgan fingerprint density at radius 2 is 1.85 bits per heavy atom. The van der Waals surface area contributed by atoms with Crippen LogP contribution in [0.15, 0.2) is 36.1 Å². The molecule has 0 aliphatic carbocycles. The van der Waals surface area contributed by atoms with E-state index in [-0.39, 0.29) is 11.9 Å². The van der Waals surface area contributed by atoms with Crippen molar-refractivity contribution in [2.75, 3.05) is 34.4 Å². The molecule has 1 unspecified atom stereocenters. The average Bonchev–Trinajstić information content (AvgIpc) is 2.95. The molecule has 8 heteroatoms. The number of urea groups is 1. The molecule has 0 bridgehead atoms. The van der Waals surface area contributed by atoms with Crippen LogP contribution in [0.3, 0.4) is 0 Å². The van der Waals surface area contributed by atoms with Crippen molar-refractivity contribution in [1.29, 1.82) is 0 Å². The van der Waals surface area contributed by atoms with Gasteiger partial charge in [0.05, 0.1) is 45.2 Å². The van der Waals surface area contributed by atoms with Crippen molar-refractivity contribution < 1.29 is 23.8 Å². The van der Waals surface area contributed by atoms with Crippen LogP contribution in [-0.2, 0) is 4.79 Å². The van der Waals surface area contributed by atoms with Gasteiger partial charge in [-0.1, -0.05) is 6.08 Å². The molecule has 1 aromatic carbocycles. The first-order chi connectivity index (χ1) is 12.5. The van der Waals surface area contributed by atoms with Gasteiger partial charge in [-0.05, 0) is 17.7 Å². The number of ether oxygens (including phenoxy) is 3. The van der Waals surface area contributed by atoms with E-state index in [2.05, 4.69) is 17.2 Å². The molecule has 1 aromatic rings. The summed E-state index contributed by atoms with van der Waals surface area (Å²) in [6, 6.07) is 2.47. The topological polar surface area (TPSA) is 89.1 Å². The number of hydrogen-bond acceptors (Lipinski definition) is 5. The Kier molecular flexibility index (Phi) is 4.75. The number of methoxy groups -OCH3 is 3. The third-order valence-electron chi connectivity index (χ3n) is 4.39. The molecule has 0 spiro atoms. The maximum absolute atomic E-state index is 12.8. The zero-order valence-corrected chi connectivity index (χ0v) is 14.9. The smallest absolute Gasteiger partial charge is 0.319 e. The molecule has 2 N–H and O–H groups in total. The number of nitrogens with one attached hydrogen (secondary N) is 2. The Hall–Kier alpha value is -3.16. The van der Waals surface area contributed by atoms with Crippen LogP contribution in [0, 0.1) is 0 Å². The van der Waals surface area contributed by atoms with Gasteiger partial charge < -0.3 is 29.7 Å². The van der Waals surface area contributed by atoms with Crippen LogP contribution in [0.5, 0.6) is 17.2 Å². The second-order valence-electron chi connectivity index (χ2n) is 5.86. The molecule has 2 heterocycles. The largest absolute Gasteiger partial charge is 0.493 e. The number of hydrogen-bond donors (Lipinski definition) is 2. The Morgan fingerprint density at radius 3 is 2.38 bits per heavy atom. The minimum atomic E-state index is -0.616. The van der Waals surface area contributed by atoms with E-state index in [1.807, 2.05) is 0 Å². The summed E-state index contributed by atoms with van der Waals surface area (Å²) in [6.45, 7) is 4.42. The number of carbonyl (C=O) groups excluding carboxylic acids is 2. The maximum Gasteiger partial charge on any atom is 0.319 e. The zero-order chi connectivity index (χ0) is 18.8. The normalized spacial score (nSPS) is 18.9. The minimum absolute atomic E-state index is 0.147. The molecule has 3 amide bonds. The second kappa shape index (κ2) is 6.99. The van der Waals surface area contributed by atoms with Gasteiger partial charge in [0, 0.05) is 6.54 Å². The fourth-order valence-electron chi connectivity index (χ4n) is 3.25. The summed E-state index contributed by atoms with van der Waals surface area (Å²) in [6.07, 6.45) is 1.65. The lowest BCUT2D eigenvalue weighted by atomic mass is 9.95. The van der Waals surface area contributed by atoms with E-state index in [1.165, 1.54) is 21.3 Å². The van der Waals surface area contributed by atoms with Crippen molar-refractivity contribution in [3.8, 4) is 17.2 Å². The monoisotopic (exact) mass is 359 g/mol. The Bertz CT molecular complexity index is 777. The molecule has 26 heavy (non-hydrogen) atoms. The summed E-state index contributed by atoms with van der Waals surface area (Å²) in [5, 5.41) is 5.53. The molecular weight excluding hydrogens is 338 g/mol. The van der Waals surface area contributed by atoms with E-state index in [0.29, 0.717) is 47.2 Å². The lowest BCUT2D eigenvalue weighted by Crippen LogP contribution is -2.44. The standard InChI is InChI=1S/C18H21N3O5/c1-5-6-21-9-11-14(17(21)22)15(20-18(23)19-11)10-7-12(24-2)16(26-4)13(8-10)25-3/h5,7-8,15H,1,6,9H2,2-4H3,(H2,19,20,23). The molecule has 3 rings (SSSR count). The fourth-order valence-corrected chi connectivity index (χ4v) is 3.25. The van der Waals surface area contributed by atoms with Crippen molar-refractivity contribution in [1.82, 2.24) is 15.5 Å². The van der Waals surface area contributed by atoms with Crippen LogP contribution < -0.4 is 24.8 Å². The van der Waals surface area contributed by atoms with E-state index in [1.54, 1.807) is 23.1 Å². The van der Waals surface area contributed by atoms with Crippen LogP contribution in [0.2, 0.25) is 0 Å². The molecule has 138 valence electrons. The highest BCUT2D eigenvalue weighted by molar-refractivity contribution is 6.01. The van der Waals surface area contributed by atoms with Crippen LogP contribution in [0.25, 0.3) is 0 Å². The maximum atomic E-state index is 12.8. The Morgan fingerprint density at radius 1 is 1.19 bits per heavy atom. The highest BCUT2D eigenvalue weighted by Crippen LogP contribution is 2.42. The molecule has 0 saturated heterocycles. The van der Waals surface area contributed by atoms with Crippen molar-refractivity contribution >= 4 is 11.9 Å². The highest BCUT2D eigenvalue weighted by atomic mass is 16.5. The van der Waals surface area contributed by atoms with Gasteiger partial charge in [0.1, 0.15) is 0 Å². The summed E-state index contributed by atoms with van der Waals surface area (Å²) in [5.41, 5.74) is 1.76. The van der Waals surface area contributed by atoms with Gasteiger partial charge in [-0.3, -0.25) is 4.79 Å². The van der Waals surface area contributed by atoms with Gasteiger partial charge in [-0.25, -0.2) is 4.79 Å². The summed E-state index contributed by atoms with van der Waals surface area (Å²) in [7, 11) is 4.54. The quantitative estimate of drug-likeness (QED) is 0.749. The third-order valence-corrected chi connectivity index (χ3v) is 4.39. The van der Waals surface area contributed by atoms with Crippen LogP contribution in [0.1, 0.15) is 11.6 Å². The summed E-state index contributed by atoms with van der Waals surface area (Å²) >= 11 is 0. The van der Waals surface area contributed by atoms with E-state index in [4.69, 9.17) is 14.2 Å². The van der Waals surface area contributed by atoms with Crippen molar-refractivity contribution in [2.24, 2.45) is 0 Å². The first-order valence-corrected chi connectivity index (χ1v) is 8.04. The SMILES string of the molecule is C=CCN1CC2=C(C1=O)C(c1cc(OC)c(OC)c(OC)c1)NC(=O)N2. The van der Waals surface area contributed by atoms with Gasteiger partial charge in [-0.2, -0.15) is 0 Å². The molecule has 0 saturated carbocycles. The second-order valence-corrected chi connectivity index (χ2v) is 5.86. The van der Waals surface area contributed by atoms with Gasteiger partial charge in [0.15, 0.2) is 11.5 Å². The predicted octanol–water partition coefficient (Wildman–Crippen LogP) is 1.35. The predicted molar refractivity (Wildman–Crippen MR) is 94.3 cm³/mol. The third kappa shape index (κ3) is 2.83. The number of rotatable bonds is 6. The average molecular weight is 359 g/mol. The lowest BCUT2D eigenvalue weighted by molar-refractivity contribution is -0.125. The van der Waals surface area contributed by atoms with E-state index in [0.717, 1.165) is 0 Å². The molecule has 8 nitrogen and oxygen atoms in total. The molecule has 0 fully saturated rings. The fraction of sp³-hybridized carbons (Fsp3) is 0.333. The summed E-state index contributed by atoms with van der Waals surface area (Å²) in [4.78, 5) is 26.5. The lowest BCUT2D eigenvalue weighted by Gasteiger charge is -2.26. The summed E-state index contributed by atoms with van der Waals surface area (Å²) < 4.78 is 16.1. The van der Waals surface area contributed by atoms with Crippen LogP contribution >= 0.6 is 0 Å².